The number of aromatic nitrogens is 3. The normalized spacial score (nSPS) is 12.2. The fraction of sp³-hybridized carbons (Fsp3) is 0.100. The molecule has 1 atom stereocenters. The molecule has 0 amide bonds. The summed E-state index contributed by atoms with van der Waals surface area (Å²) >= 11 is 6.13. The van der Waals surface area contributed by atoms with Crippen molar-refractivity contribution in [1.82, 2.24) is 14.6 Å². The van der Waals surface area contributed by atoms with Crippen LogP contribution >= 0.6 is 11.6 Å². The molecule has 0 spiro atoms. The van der Waals surface area contributed by atoms with E-state index in [9.17, 15) is 0 Å². The average Bonchev–Trinajstić information content (AvgIpc) is 3.07. The van der Waals surface area contributed by atoms with Crippen LogP contribution < -0.4 is 5.32 Å². The Balaban J connectivity index is 1.81. The molecule has 25 heavy (non-hydrogen) atoms. The van der Waals surface area contributed by atoms with Gasteiger partial charge in [-0.15, -0.1) is 5.10 Å². The molecule has 0 saturated heterocycles. The topological polar surface area (TPSA) is 42.2 Å². The summed E-state index contributed by atoms with van der Waals surface area (Å²) in [5, 5.41) is 7.99. The van der Waals surface area contributed by atoms with E-state index in [-0.39, 0.29) is 11.3 Å². The highest BCUT2D eigenvalue weighted by molar-refractivity contribution is 6.28. The molecule has 0 saturated carbocycles. The molecule has 0 aliphatic rings. The van der Waals surface area contributed by atoms with Crippen LogP contribution in [0.3, 0.4) is 0 Å². The van der Waals surface area contributed by atoms with E-state index < -0.39 is 0 Å². The lowest BCUT2D eigenvalue weighted by Crippen LogP contribution is -2.10. The smallest absolute Gasteiger partial charge is 0.243 e. The van der Waals surface area contributed by atoms with E-state index >= 15 is 0 Å². The zero-order valence-corrected chi connectivity index (χ0v) is 14.5. The molecule has 2 aromatic carbocycles. The first-order valence-electron chi connectivity index (χ1n) is 8.14. The van der Waals surface area contributed by atoms with Gasteiger partial charge in [-0.05, 0) is 35.7 Å². The van der Waals surface area contributed by atoms with Crippen molar-refractivity contribution in [2.75, 3.05) is 5.32 Å². The van der Waals surface area contributed by atoms with Gasteiger partial charge in [0, 0.05) is 11.8 Å². The third-order valence-corrected chi connectivity index (χ3v) is 4.38. The van der Waals surface area contributed by atoms with Gasteiger partial charge >= 0.3 is 0 Å². The molecule has 124 valence electrons. The van der Waals surface area contributed by atoms with Crippen molar-refractivity contribution < 1.29 is 0 Å². The van der Waals surface area contributed by atoms with Crippen LogP contribution in [-0.4, -0.2) is 14.6 Å². The molecular formula is C20H17ClN4. The zero-order chi connectivity index (χ0) is 17.2. The lowest BCUT2D eigenvalue weighted by Gasteiger charge is -2.16. The largest absolute Gasteiger partial charge is 0.362 e. The van der Waals surface area contributed by atoms with Crippen LogP contribution in [0.15, 0.2) is 72.9 Å². The van der Waals surface area contributed by atoms with Gasteiger partial charge in [0.05, 0.1) is 6.04 Å². The van der Waals surface area contributed by atoms with Gasteiger partial charge in [0.25, 0.3) is 0 Å². The van der Waals surface area contributed by atoms with Gasteiger partial charge in [-0.3, -0.25) is 0 Å². The number of nitrogens with one attached hydrogen (secondary N) is 1. The highest BCUT2D eigenvalue weighted by atomic mass is 35.5. The predicted molar refractivity (Wildman–Crippen MR) is 102 cm³/mol. The average molecular weight is 349 g/mol. The van der Waals surface area contributed by atoms with Crippen molar-refractivity contribution >= 4 is 22.9 Å². The SMILES string of the molecule is CC(Nc1nc(Cl)nn2ccc(-c3ccccc3)c12)c1ccccc1. The van der Waals surface area contributed by atoms with Crippen LogP contribution in [0, 0.1) is 0 Å². The van der Waals surface area contributed by atoms with Crippen molar-refractivity contribution in [3.8, 4) is 11.1 Å². The van der Waals surface area contributed by atoms with Crippen molar-refractivity contribution in [2.24, 2.45) is 0 Å². The predicted octanol–water partition coefficient (Wildman–Crippen LogP) is 5.22. The third-order valence-electron chi connectivity index (χ3n) is 4.22. The molecule has 1 unspecified atom stereocenters. The highest BCUT2D eigenvalue weighted by Gasteiger charge is 2.15. The summed E-state index contributed by atoms with van der Waals surface area (Å²) in [7, 11) is 0. The number of anilines is 1. The lowest BCUT2D eigenvalue weighted by atomic mass is 10.1. The monoisotopic (exact) mass is 348 g/mol. The van der Waals surface area contributed by atoms with Gasteiger partial charge in [-0.1, -0.05) is 60.7 Å². The highest BCUT2D eigenvalue weighted by Crippen LogP contribution is 2.31. The van der Waals surface area contributed by atoms with Gasteiger partial charge in [0.15, 0.2) is 5.82 Å². The summed E-state index contributed by atoms with van der Waals surface area (Å²) in [5.41, 5.74) is 4.29. The second-order valence-corrected chi connectivity index (χ2v) is 6.23. The summed E-state index contributed by atoms with van der Waals surface area (Å²) < 4.78 is 1.78. The summed E-state index contributed by atoms with van der Waals surface area (Å²) in [6.07, 6.45) is 1.91. The Morgan fingerprint density at radius 3 is 2.36 bits per heavy atom. The third kappa shape index (κ3) is 3.08. The summed E-state index contributed by atoms with van der Waals surface area (Å²) in [4.78, 5) is 4.45. The number of hydrogen-bond acceptors (Lipinski definition) is 3. The van der Waals surface area contributed by atoms with Crippen LogP contribution in [0.5, 0.6) is 0 Å². The van der Waals surface area contributed by atoms with Crippen LogP contribution in [0.2, 0.25) is 5.28 Å². The Labute approximate surface area is 151 Å². The van der Waals surface area contributed by atoms with Gasteiger partial charge in [-0.2, -0.15) is 4.98 Å². The lowest BCUT2D eigenvalue weighted by molar-refractivity contribution is 0.852. The van der Waals surface area contributed by atoms with Gasteiger partial charge in [0.2, 0.25) is 5.28 Å². The maximum Gasteiger partial charge on any atom is 0.243 e. The van der Waals surface area contributed by atoms with E-state index in [0.29, 0.717) is 0 Å². The fourth-order valence-corrected chi connectivity index (χ4v) is 3.15. The number of benzene rings is 2. The minimum absolute atomic E-state index is 0.0921. The summed E-state index contributed by atoms with van der Waals surface area (Å²) in [6.45, 7) is 2.10. The number of fused-ring (bicyclic) bond motifs is 1. The van der Waals surface area contributed by atoms with E-state index in [1.54, 1.807) is 4.52 Å². The van der Waals surface area contributed by atoms with E-state index in [1.807, 2.05) is 48.7 Å². The molecule has 2 aromatic heterocycles. The van der Waals surface area contributed by atoms with E-state index in [4.69, 9.17) is 11.6 Å². The zero-order valence-electron chi connectivity index (χ0n) is 13.7. The van der Waals surface area contributed by atoms with Crippen LogP contribution in [0.1, 0.15) is 18.5 Å². The second kappa shape index (κ2) is 6.57. The maximum atomic E-state index is 6.13. The Morgan fingerprint density at radius 2 is 1.64 bits per heavy atom. The molecular weight excluding hydrogens is 332 g/mol. The molecule has 1 N–H and O–H groups in total. The standard InChI is InChI=1S/C20H17ClN4/c1-14(15-8-4-2-5-9-15)22-19-18-17(16-10-6-3-7-11-16)12-13-25(18)24-20(21)23-19/h2-14H,1H3,(H,22,23,24). The molecule has 0 radical (unpaired) electrons. The number of hydrogen-bond donors (Lipinski definition) is 1. The Morgan fingerprint density at radius 1 is 0.960 bits per heavy atom. The van der Waals surface area contributed by atoms with Crippen molar-refractivity contribution in [3.63, 3.8) is 0 Å². The Hall–Kier alpha value is -2.85. The van der Waals surface area contributed by atoms with E-state index in [0.717, 1.165) is 22.5 Å². The molecule has 0 bridgehead atoms. The Kier molecular flexibility index (Phi) is 4.12. The van der Waals surface area contributed by atoms with E-state index in [1.165, 1.54) is 5.56 Å². The fourth-order valence-electron chi connectivity index (χ4n) is 2.98. The molecule has 0 aliphatic carbocycles. The second-order valence-electron chi connectivity index (χ2n) is 5.89. The molecule has 4 nitrogen and oxygen atoms in total. The van der Waals surface area contributed by atoms with Crippen molar-refractivity contribution in [3.05, 3.63) is 83.8 Å². The van der Waals surface area contributed by atoms with Gasteiger partial charge < -0.3 is 5.32 Å². The number of nitrogens with zero attached hydrogens (tertiary/aromatic N) is 3. The maximum absolute atomic E-state index is 6.13. The molecule has 0 aliphatic heterocycles. The first-order valence-corrected chi connectivity index (χ1v) is 8.52. The Bertz CT molecular complexity index is 996. The molecule has 5 heteroatoms. The minimum atomic E-state index is 0.0921. The molecule has 4 aromatic rings. The van der Waals surface area contributed by atoms with Crippen molar-refractivity contribution in [2.45, 2.75) is 13.0 Å². The van der Waals surface area contributed by atoms with E-state index in [2.05, 4.69) is 46.6 Å². The number of halogens is 1. The van der Waals surface area contributed by atoms with Gasteiger partial charge in [0.1, 0.15) is 5.52 Å². The summed E-state index contributed by atoms with van der Waals surface area (Å²) in [6, 6.07) is 22.6. The van der Waals surface area contributed by atoms with Crippen LogP contribution in [-0.2, 0) is 0 Å². The van der Waals surface area contributed by atoms with Crippen molar-refractivity contribution in [1.29, 1.82) is 0 Å². The van der Waals surface area contributed by atoms with Gasteiger partial charge in [-0.25, -0.2) is 4.52 Å². The molecule has 4 rings (SSSR count). The molecule has 2 heterocycles. The molecule has 0 fully saturated rings. The first kappa shape index (κ1) is 15.7. The first-order chi connectivity index (χ1) is 12.2. The quantitative estimate of drug-likeness (QED) is 0.549. The minimum Gasteiger partial charge on any atom is -0.362 e. The van der Waals surface area contributed by atoms with Crippen LogP contribution in [0.25, 0.3) is 16.6 Å². The summed E-state index contributed by atoms with van der Waals surface area (Å²) in [5.74, 6) is 0.722. The number of rotatable bonds is 4. The van der Waals surface area contributed by atoms with Crippen LogP contribution in [0.4, 0.5) is 5.82 Å².